The number of oxazole rings is 1. The Morgan fingerprint density at radius 1 is 1.50 bits per heavy atom. The van der Waals surface area contributed by atoms with Gasteiger partial charge in [-0.1, -0.05) is 0 Å². The van der Waals surface area contributed by atoms with Crippen molar-refractivity contribution < 1.29 is 9.21 Å². The van der Waals surface area contributed by atoms with Gasteiger partial charge < -0.3 is 4.42 Å². The van der Waals surface area contributed by atoms with E-state index in [0.717, 1.165) is 11.9 Å². The van der Waals surface area contributed by atoms with Crippen molar-refractivity contribution in [3.63, 3.8) is 0 Å². The van der Waals surface area contributed by atoms with E-state index in [4.69, 9.17) is 4.42 Å². The van der Waals surface area contributed by atoms with E-state index in [0.29, 0.717) is 29.9 Å². The summed E-state index contributed by atoms with van der Waals surface area (Å²) in [5.74, 6) is 0.487. The van der Waals surface area contributed by atoms with Gasteiger partial charge in [0.2, 0.25) is 0 Å². The second-order valence-electron chi connectivity index (χ2n) is 4.79. The van der Waals surface area contributed by atoms with Crippen LogP contribution >= 0.6 is 0 Å². The molecule has 1 saturated carbocycles. The van der Waals surface area contributed by atoms with Gasteiger partial charge in [0.25, 0.3) is 0 Å². The predicted octanol–water partition coefficient (Wildman–Crippen LogP) is 3.01. The highest BCUT2D eigenvalue weighted by atomic mass is 16.3. The van der Waals surface area contributed by atoms with Gasteiger partial charge in [0.1, 0.15) is 10.9 Å². The smallest absolute Gasteiger partial charge is 0.192 e. The number of nitrogens with zero attached hydrogens (tertiary/aromatic N) is 2. The van der Waals surface area contributed by atoms with Crippen molar-refractivity contribution in [3.05, 3.63) is 29.7 Å². The van der Waals surface area contributed by atoms with E-state index in [9.17, 15) is 10.1 Å². The first-order chi connectivity index (χ1) is 8.64. The maximum absolute atomic E-state index is 12.3. The van der Waals surface area contributed by atoms with E-state index in [1.54, 1.807) is 25.1 Å². The van der Waals surface area contributed by atoms with Crippen LogP contribution in [0.2, 0.25) is 0 Å². The van der Waals surface area contributed by atoms with Crippen LogP contribution in [0.15, 0.2) is 22.6 Å². The fraction of sp³-hybridized carbons (Fsp3) is 0.357. The Balaban J connectivity index is 2.04. The molecule has 1 aliphatic rings. The number of fused-ring (bicyclic) bond motifs is 1. The number of aryl methyl sites for hydroxylation is 1. The third kappa shape index (κ3) is 1.44. The van der Waals surface area contributed by atoms with Crippen molar-refractivity contribution in [2.75, 3.05) is 0 Å². The minimum Gasteiger partial charge on any atom is -0.441 e. The van der Waals surface area contributed by atoms with Crippen molar-refractivity contribution in [2.24, 2.45) is 5.41 Å². The molecule has 0 atom stereocenters. The van der Waals surface area contributed by atoms with Crippen LogP contribution in [0.3, 0.4) is 0 Å². The number of Topliss-reactive ketones (excluding diaryl/α,β-unsaturated/α-hetero) is 1. The first-order valence-corrected chi connectivity index (χ1v) is 5.98. The van der Waals surface area contributed by atoms with Gasteiger partial charge in [0.05, 0.1) is 6.07 Å². The van der Waals surface area contributed by atoms with Crippen LogP contribution in [0.25, 0.3) is 11.1 Å². The zero-order chi connectivity index (χ0) is 12.8. The molecular formula is C14H12N2O2. The summed E-state index contributed by atoms with van der Waals surface area (Å²) in [6.45, 7) is 1.77. The van der Waals surface area contributed by atoms with Gasteiger partial charge in [-0.2, -0.15) is 5.26 Å². The number of benzene rings is 1. The van der Waals surface area contributed by atoms with Crippen LogP contribution in [0.5, 0.6) is 0 Å². The second kappa shape index (κ2) is 3.67. The Hall–Kier alpha value is -2.15. The summed E-state index contributed by atoms with van der Waals surface area (Å²) in [5, 5.41) is 9.18. The molecule has 1 aromatic carbocycles. The Morgan fingerprint density at radius 3 is 2.89 bits per heavy atom. The standard InChI is InChI=1S/C14H12N2O2/c1-9-16-11-4-3-10(7-12(11)18-9)13(17)14(8-15)5-2-6-14/h3-4,7H,2,5-6H2,1H3. The number of ketones is 1. The molecule has 0 bridgehead atoms. The lowest BCUT2D eigenvalue weighted by molar-refractivity contribution is 0.0748. The molecule has 0 unspecified atom stereocenters. The number of hydrogen-bond donors (Lipinski definition) is 0. The van der Waals surface area contributed by atoms with Crippen molar-refractivity contribution in [1.29, 1.82) is 5.26 Å². The Bertz CT molecular complexity index is 675. The normalized spacial score (nSPS) is 17.1. The first kappa shape index (κ1) is 11.0. The first-order valence-electron chi connectivity index (χ1n) is 5.98. The summed E-state index contributed by atoms with van der Waals surface area (Å²) in [7, 11) is 0. The summed E-state index contributed by atoms with van der Waals surface area (Å²) in [5.41, 5.74) is 1.08. The molecule has 18 heavy (non-hydrogen) atoms. The molecule has 2 aromatic rings. The third-order valence-electron chi connectivity index (χ3n) is 3.61. The number of carbonyl (C=O) groups excluding carboxylic acids is 1. The van der Waals surface area contributed by atoms with E-state index >= 15 is 0 Å². The van der Waals surface area contributed by atoms with Crippen molar-refractivity contribution >= 4 is 16.9 Å². The van der Waals surface area contributed by atoms with Crippen LogP contribution < -0.4 is 0 Å². The molecule has 0 aliphatic heterocycles. The lowest BCUT2D eigenvalue weighted by atomic mass is 9.65. The summed E-state index contributed by atoms with van der Waals surface area (Å²) in [4.78, 5) is 16.5. The Labute approximate surface area is 104 Å². The van der Waals surface area contributed by atoms with Crippen LogP contribution in [-0.4, -0.2) is 10.8 Å². The fourth-order valence-electron chi connectivity index (χ4n) is 2.38. The molecule has 0 saturated heterocycles. The fourth-order valence-corrected chi connectivity index (χ4v) is 2.38. The van der Waals surface area contributed by atoms with Crippen LogP contribution in [0, 0.1) is 23.7 Å². The number of rotatable bonds is 2. The highest BCUT2D eigenvalue weighted by Gasteiger charge is 2.44. The van der Waals surface area contributed by atoms with Crippen molar-refractivity contribution in [1.82, 2.24) is 4.98 Å². The molecule has 1 aliphatic carbocycles. The molecule has 0 radical (unpaired) electrons. The quantitative estimate of drug-likeness (QED) is 0.757. The van der Waals surface area contributed by atoms with E-state index in [1.807, 2.05) is 0 Å². The van der Waals surface area contributed by atoms with Gasteiger partial charge in [-0.05, 0) is 37.5 Å². The molecule has 3 rings (SSSR count). The number of nitriles is 1. The average Bonchev–Trinajstić information content (AvgIpc) is 2.67. The molecule has 0 amide bonds. The van der Waals surface area contributed by atoms with Gasteiger partial charge in [-0.15, -0.1) is 0 Å². The lowest BCUT2D eigenvalue weighted by Gasteiger charge is -2.33. The monoisotopic (exact) mass is 240 g/mol. The lowest BCUT2D eigenvalue weighted by Crippen LogP contribution is -2.36. The minimum absolute atomic E-state index is 0.0906. The Morgan fingerprint density at radius 2 is 2.28 bits per heavy atom. The van der Waals surface area contributed by atoms with Gasteiger partial charge in [-0.25, -0.2) is 4.98 Å². The molecular weight excluding hydrogens is 228 g/mol. The van der Waals surface area contributed by atoms with Gasteiger partial charge in [0.15, 0.2) is 17.3 Å². The van der Waals surface area contributed by atoms with Crippen LogP contribution in [0.4, 0.5) is 0 Å². The van der Waals surface area contributed by atoms with Crippen LogP contribution in [0.1, 0.15) is 35.5 Å². The largest absolute Gasteiger partial charge is 0.441 e. The van der Waals surface area contributed by atoms with Gasteiger partial charge in [0, 0.05) is 12.5 Å². The number of carbonyl (C=O) groups is 1. The zero-order valence-corrected chi connectivity index (χ0v) is 10.1. The van der Waals surface area contributed by atoms with Crippen LogP contribution in [-0.2, 0) is 0 Å². The topological polar surface area (TPSA) is 66.9 Å². The summed E-state index contributed by atoms with van der Waals surface area (Å²) < 4.78 is 5.41. The zero-order valence-electron chi connectivity index (χ0n) is 10.1. The van der Waals surface area contributed by atoms with Gasteiger partial charge in [-0.3, -0.25) is 4.79 Å². The second-order valence-corrected chi connectivity index (χ2v) is 4.79. The van der Waals surface area contributed by atoms with E-state index < -0.39 is 5.41 Å². The predicted molar refractivity (Wildman–Crippen MR) is 65.0 cm³/mol. The average molecular weight is 240 g/mol. The molecule has 1 aromatic heterocycles. The van der Waals surface area contributed by atoms with Crippen molar-refractivity contribution in [2.45, 2.75) is 26.2 Å². The molecule has 4 heteroatoms. The van der Waals surface area contributed by atoms with E-state index in [-0.39, 0.29) is 5.78 Å². The van der Waals surface area contributed by atoms with Crippen molar-refractivity contribution in [3.8, 4) is 6.07 Å². The summed E-state index contributed by atoms with van der Waals surface area (Å²) in [6.07, 6.45) is 2.27. The molecule has 1 fully saturated rings. The molecule has 1 heterocycles. The summed E-state index contributed by atoms with van der Waals surface area (Å²) >= 11 is 0. The maximum atomic E-state index is 12.3. The van der Waals surface area contributed by atoms with Gasteiger partial charge >= 0.3 is 0 Å². The highest BCUT2D eigenvalue weighted by Crippen LogP contribution is 2.43. The highest BCUT2D eigenvalue weighted by molar-refractivity contribution is 6.04. The summed E-state index contributed by atoms with van der Waals surface area (Å²) in [6, 6.07) is 7.35. The number of hydrogen-bond acceptors (Lipinski definition) is 4. The maximum Gasteiger partial charge on any atom is 0.192 e. The van der Waals surface area contributed by atoms with E-state index in [2.05, 4.69) is 11.1 Å². The molecule has 0 N–H and O–H groups in total. The minimum atomic E-state index is -0.803. The molecule has 4 nitrogen and oxygen atoms in total. The SMILES string of the molecule is Cc1nc2ccc(C(=O)C3(C#N)CCC3)cc2o1. The molecule has 90 valence electrons. The number of aromatic nitrogens is 1. The molecule has 0 spiro atoms. The Kier molecular flexibility index (Phi) is 2.24. The van der Waals surface area contributed by atoms with E-state index in [1.165, 1.54) is 0 Å². The third-order valence-corrected chi connectivity index (χ3v) is 3.61.